The highest BCUT2D eigenvalue weighted by Gasteiger charge is 2.18. The molecule has 0 atom stereocenters. The molecule has 0 spiro atoms. The topological polar surface area (TPSA) is 71.7 Å². The van der Waals surface area contributed by atoms with Crippen LogP contribution in [0, 0.1) is 6.92 Å². The van der Waals surface area contributed by atoms with Crippen LogP contribution in [0.5, 0.6) is 5.75 Å². The van der Waals surface area contributed by atoms with Gasteiger partial charge in [0.25, 0.3) is 0 Å². The van der Waals surface area contributed by atoms with E-state index in [2.05, 4.69) is 48.1 Å². The van der Waals surface area contributed by atoms with Crippen LogP contribution in [0.25, 0.3) is 10.1 Å². The summed E-state index contributed by atoms with van der Waals surface area (Å²) in [6, 6.07) is 17.1. The lowest BCUT2D eigenvalue weighted by atomic mass is 10.1. The summed E-state index contributed by atoms with van der Waals surface area (Å²) in [6.45, 7) is 4.11. The molecule has 0 radical (unpaired) electrons. The van der Waals surface area contributed by atoms with Gasteiger partial charge in [0.1, 0.15) is 5.75 Å². The van der Waals surface area contributed by atoms with Crippen molar-refractivity contribution in [2.45, 2.75) is 19.8 Å². The lowest BCUT2D eigenvalue weighted by molar-refractivity contribution is 0.256. The van der Waals surface area contributed by atoms with Gasteiger partial charge in [0, 0.05) is 41.1 Å². The van der Waals surface area contributed by atoms with E-state index in [4.69, 9.17) is 10.5 Å². The van der Waals surface area contributed by atoms with E-state index in [1.54, 1.807) is 18.4 Å². The van der Waals surface area contributed by atoms with E-state index in [9.17, 15) is 4.79 Å². The molecule has 6 nitrogen and oxygen atoms in total. The number of methoxy groups -OCH3 is 1. The highest BCUT2D eigenvalue weighted by Crippen LogP contribution is 2.36. The Hall–Kier alpha value is -3.42. The minimum absolute atomic E-state index is 0.531. The number of carbonyl (C=O) groups excluding carboxylic acids is 1. The number of carbonyl (C=O) groups is 1. The number of primary amides is 1. The first-order chi connectivity index (χ1) is 16.5. The molecule has 0 aliphatic heterocycles. The summed E-state index contributed by atoms with van der Waals surface area (Å²) in [7, 11) is 3.77. The zero-order valence-corrected chi connectivity index (χ0v) is 20.6. The number of fused-ring (bicyclic) bond motifs is 1. The van der Waals surface area contributed by atoms with Crippen LogP contribution in [0.15, 0.2) is 67.0 Å². The van der Waals surface area contributed by atoms with Crippen LogP contribution in [0.1, 0.15) is 16.0 Å². The predicted octanol–water partition coefficient (Wildman–Crippen LogP) is 5.55. The maximum atomic E-state index is 12.4. The van der Waals surface area contributed by atoms with Crippen LogP contribution in [0.2, 0.25) is 0 Å². The van der Waals surface area contributed by atoms with E-state index in [-0.39, 0.29) is 0 Å². The van der Waals surface area contributed by atoms with Gasteiger partial charge < -0.3 is 15.4 Å². The molecular weight excluding hydrogens is 444 g/mol. The molecule has 7 heteroatoms. The molecule has 0 aliphatic carbocycles. The average Bonchev–Trinajstić information content (AvgIpc) is 3.16. The summed E-state index contributed by atoms with van der Waals surface area (Å²) in [6.07, 6.45) is 5.63. The average molecular weight is 475 g/mol. The maximum Gasteiger partial charge on any atom is 0.323 e. The van der Waals surface area contributed by atoms with Crippen molar-refractivity contribution in [3.63, 3.8) is 0 Å². The lowest BCUT2D eigenvalue weighted by Crippen LogP contribution is -2.31. The first-order valence-electron chi connectivity index (χ1n) is 11.3. The molecule has 0 saturated heterocycles. The molecule has 176 valence electrons. The summed E-state index contributed by atoms with van der Waals surface area (Å²) in [5, 5.41) is 1.18. The number of anilines is 2. The summed E-state index contributed by atoms with van der Waals surface area (Å²) in [5.41, 5.74) is 9.85. The highest BCUT2D eigenvalue weighted by molar-refractivity contribution is 7.19. The van der Waals surface area contributed by atoms with Crippen molar-refractivity contribution in [1.29, 1.82) is 0 Å². The number of likely N-dealkylation sites (N-methyl/N-ethyl adjacent to an activating group) is 1. The molecular formula is C27H30N4O2S. The van der Waals surface area contributed by atoms with Gasteiger partial charge in [0.15, 0.2) is 0 Å². The fraction of sp³-hybridized carbons (Fsp3) is 0.259. The van der Waals surface area contributed by atoms with Gasteiger partial charge in [0.2, 0.25) is 0 Å². The number of aryl methyl sites for hydroxylation is 1. The Bertz CT molecular complexity index is 1270. The Morgan fingerprint density at radius 3 is 2.50 bits per heavy atom. The Labute approximate surface area is 204 Å². The normalized spacial score (nSPS) is 11.2. The van der Waals surface area contributed by atoms with Crippen molar-refractivity contribution in [2.24, 2.45) is 5.73 Å². The van der Waals surface area contributed by atoms with E-state index in [0.29, 0.717) is 11.4 Å². The number of amides is 2. The third kappa shape index (κ3) is 5.38. The van der Waals surface area contributed by atoms with Crippen molar-refractivity contribution in [2.75, 3.05) is 32.1 Å². The Morgan fingerprint density at radius 2 is 1.76 bits per heavy atom. The molecule has 0 saturated carbocycles. The number of thiophene rings is 1. The fourth-order valence-corrected chi connectivity index (χ4v) is 5.24. The number of rotatable bonds is 9. The largest absolute Gasteiger partial charge is 0.497 e. The first-order valence-corrected chi connectivity index (χ1v) is 12.1. The smallest absolute Gasteiger partial charge is 0.323 e. The van der Waals surface area contributed by atoms with Gasteiger partial charge in [-0.2, -0.15) is 0 Å². The third-order valence-electron chi connectivity index (χ3n) is 6.04. The molecule has 0 fully saturated rings. The van der Waals surface area contributed by atoms with Crippen molar-refractivity contribution in [3.05, 3.63) is 83.0 Å². The number of urea groups is 1. The number of nitrogens with two attached hydrogens (primary N) is 1. The highest BCUT2D eigenvalue weighted by atomic mass is 32.1. The molecule has 4 aromatic rings. The molecule has 2 aromatic carbocycles. The molecule has 2 aromatic heterocycles. The minimum atomic E-state index is -0.531. The van der Waals surface area contributed by atoms with Gasteiger partial charge in [-0.25, -0.2) is 4.79 Å². The summed E-state index contributed by atoms with van der Waals surface area (Å²) >= 11 is 1.79. The van der Waals surface area contributed by atoms with Crippen LogP contribution in [-0.4, -0.2) is 43.2 Å². The standard InChI is InChI=1S/C27H30N4O2S/c1-19-24(12-16-30(2)15-11-20-9-13-29-14-10-20)25-18-22(7-8-26(25)34-19)31(27(28)32)21-5-4-6-23(17-21)33-3/h4-10,13-14,17-18H,11-12,15-16H2,1-3H3,(H2,28,32). The molecule has 34 heavy (non-hydrogen) atoms. The van der Waals surface area contributed by atoms with Crippen LogP contribution < -0.4 is 15.4 Å². The number of benzene rings is 2. The molecule has 2 amide bonds. The Kier molecular flexibility index (Phi) is 7.45. The van der Waals surface area contributed by atoms with E-state index < -0.39 is 6.03 Å². The quantitative estimate of drug-likeness (QED) is 0.345. The second kappa shape index (κ2) is 10.7. The number of ether oxygens (including phenoxy) is 1. The SMILES string of the molecule is COc1cccc(N(C(N)=O)c2ccc3sc(C)c(CCN(C)CCc4ccncc4)c3c2)c1. The summed E-state index contributed by atoms with van der Waals surface area (Å²) in [5.74, 6) is 0.673. The Morgan fingerprint density at radius 1 is 1.03 bits per heavy atom. The van der Waals surface area contributed by atoms with Crippen molar-refractivity contribution >= 4 is 38.8 Å². The lowest BCUT2D eigenvalue weighted by Gasteiger charge is -2.21. The van der Waals surface area contributed by atoms with Crippen molar-refractivity contribution in [3.8, 4) is 5.75 Å². The zero-order valence-electron chi connectivity index (χ0n) is 19.8. The van der Waals surface area contributed by atoms with Gasteiger partial charge in [-0.1, -0.05) is 6.07 Å². The first kappa shape index (κ1) is 23.7. The van der Waals surface area contributed by atoms with E-state index >= 15 is 0 Å². The van der Waals surface area contributed by atoms with Crippen LogP contribution >= 0.6 is 11.3 Å². The maximum absolute atomic E-state index is 12.4. The van der Waals surface area contributed by atoms with Gasteiger partial charge in [-0.3, -0.25) is 9.88 Å². The van der Waals surface area contributed by atoms with Gasteiger partial charge >= 0.3 is 6.03 Å². The Balaban J connectivity index is 1.55. The third-order valence-corrected chi connectivity index (χ3v) is 7.17. The number of nitrogens with zero attached hydrogens (tertiary/aromatic N) is 3. The van der Waals surface area contributed by atoms with Gasteiger partial charge in [-0.05, 0) is 85.8 Å². The van der Waals surface area contributed by atoms with Crippen LogP contribution in [-0.2, 0) is 12.8 Å². The predicted molar refractivity (Wildman–Crippen MR) is 140 cm³/mol. The number of aromatic nitrogens is 1. The fourth-order valence-electron chi connectivity index (χ4n) is 4.15. The second-order valence-corrected chi connectivity index (χ2v) is 9.61. The van der Waals surface area contributed by atoms with Gasteiger partial charge in [-0.15, -0.1) is 11.3 Å². The number of pyridine rings is 1. The zero-order chi connectivity index (χ0) is 24.1. The summed E-state index contributed by atoms with van der Waals surface area (Å²) < 4.78 is 6.54. The van der Waals surface area contributed by atoms with Crippen molar-refractivity contribution in [1.82, 2.24) is 9.88 Å². The molecule has 0 bridgehead atoms. The van der Waals surface area contributed by atoms with E-state index in [0.717, 1.165) is 31.6 Å². The van der Waals surface area contributed by atoms with E-state index in [1.807, 2.05) is 42.7 Å². The second-order valence-electron chi connectivity index (χ2n) is 8.35. The molecule has 0 aliphatic rings. The van der Waals surface area contributed by atoms with Gasteiger partial charge in [0.05, 0.1) is 18.5 Å². The van der Waals surface area contributed by atoms with Crippen LogP contribution in [0.3, 0.4) is 0 Å². The number of hydrogen-bond donors (Lipinski definition) is 1. The minimum Gasteiger partial charge on any atom is -0.497 e. The molecule has 0 unspecified atom stereocenters. The van der Waals surface area contributed by atoms with Crippen LogP contribution in [0.4, 0.5) is 16.2 Å². The molecule has 4 rings (SSSR count). The summed E-state index contributed by atoms with van der Waals surface area (Å²) in [4.78, 5) is 21.7. The van der Waals surface area contributed by atoms with E-state index in [1.165, 1.54) is 31.0 Å². The monoisotopic (exact) mass is 474 g/mol. The number of hydrogen-bond acceptors (Lipinski definition) is 5. The molecule has 2 heterocycles. The van der Waals surface area contributed by atoms with Crippen molar-refractivity contribution < 1.29 is 9.53 Å². The molecule has 2 N–H and O–H groups in total.